The predicted molar refractivity (Wildman–Crippen MR) is 69.2 cm³/mol. The van der Waals surface area contributed by atoms with Crippen LogP contribution in [0.2, 0.25) is 0 Å². The lowest BCUT2D eigenvalue weighted by molar-refractivity contribution is -0.118. The number of fused-ring (bicyclic) bond motifs is 1. The fraction of sp³-hybridized carbons (Fsp3) is 0.533. The van der Waals surface area contributed by atoms with Gasteiger partial charge in [0.1, 0.15) is 0 Å². The molecule has 1 N–H and O–H groups in total. The van der Waals surface area contributed by atoms with Crippen LogP contribution in [0.15, 0.2) is 12.1 Å². The van der Waals surface area contributed by atoms with E-state index in [4.69, 9.17) is 0 Å². The van der Waals surface area contributed by atoms with Crippen LogP contribution in [0.25, 0.3) is 0 Å². The quantitative estimate of drug-likeness (QED) is 0.784. The van der Waals surface area contributed by atoms with Crippen molar-refractivity contribution in [3.63, 3.8) is 0 Å². The fourth-order valence-electron chi connectivity index (χ4n) is 3.52. The van der Waals surface area contributed by atoms with Gasteiger partial charge in [0.15, 0.2) is 0 Å². The van der Waals surface area contributed by atoms with E-state index >= 15 is 0 Å². The molecule has 1 heterocycles. The second-order valence-electron chi connectivity index (χ2n) is 5.56. The molecular formula is C15H19NO. The summed E-state index contributed by atoms with van der Waals surface area (Å²) in [6.07, 6.45) is 5.00. The zero-order valence-electron chi connectivity index (χ0n) is 10.5. The molecule has 1 aromatic carbocycles. The van der Waals surface area contributed by atoms with Gasteiger partial charge < -0.3 is 5.32 Å². The lowest BCUT2D eigenvalue weighted by atomic mass is 9.85. The third-order valence-corrected chi connectivity index (χ3v) is 4.25. The molecule has 0 aromatic heterocycles. The normalized spacial score (nSPS) is 23.9. The summed E-state index contributed by atoms with van der Waals surface area (Å²) < 4.78 is 0. The van der Waals surface area contributed by atoms with E-state index in [0.717, 1.165) is 5.69 Å². The van der Waals surface area contributed by atoms with Crippen molar-refractivity contribution in [1.29, 1.82) is 0 Å². The van der Waals surface area contributed by atoms with Crippen molar-refractivity contribution in [1.82, 2.24) is 0 Å². The minimum atomic E-state index is 0.117. The SMILES string of the molecule is Cc1cc(C)c2c(c1)C(C1CCCC1)C(=O)N2. The maximum atomic E-state index is 12.2. The summed E-state index contributed by atoms with van der Waals surface area (Å²) in [4.78, 5) is 12.2. The number of carbonyl (C=O) groups is 1. The molecule has 1 aromatic rings. The largest absolute Gasteiger partial charge is 0.325 e. The van der Waals surface area contributed by atoms with Gasteiger partial charge in [-0.15, -0.1) is 0 Å². The number of hydrogen-bond donors (Lipinski definition) is 1. The van der Waals surface area contributed by atoms with Crippen LogP contribution in [0.3, 0.4) is 0 Å². The Morgan fingerprint density at radius 2 is 1.88 bits per heavy atom. The van der Waals surface area contributed by atoms with E-state index < -0.39 is 0 Å². The highest BCUT2D eigenvalue weighted by Crippen LogP contribution is 2.45. The van der Waals surface area contributed by atoms with Crippen LogP contribution in [0.4, 0.5) is 5.69 Å². The Morgan fingerprint density at radius 3 is 2.59 bits per heavy atom. The molecule has 2 aliphatic rings. The first-order valence-electron chi connectivity index (χ1n) is 6.59. The van der Waals surface area contributed by atoms with E-state index in [1.165, 1.54) is 42.4 Å². The number of nitrogens with one attached hydrogen (secondary N) is 1. The van der Waals surface area contributed by atoms with E-state index in [2.05, 4.69) is 31.3 Å². The minimum absolute atomic E-state index is 0.117. The third-order valence-electron chi connectivity index (χ3n) is 4.25. The molecule has 0 spiro atoms. The van der Waals surface area contributed by atoms with Crippen molar-refractivity contribution in [3.05, 3.63) is 28.8 Å². The molecule has 17 heavy (non-hydrogen) atoms. The monoisotopic (exact) mass is 229 g/mol. The Kier molecular flexibility index (Phi) is 2.46. The number of carbonyl (C=O) groups excluding carboxylic acids is 1. The summed E-state index contributed by atoms with van der Waals surface area (Å²) in [5, 5.41) is 3.08. The maximum absolute atomic E-state index is 12.2. The second kappa shape index (κ2) is 3.86. The van der Waals surface area contributed by atoms with E-state index in [-0.39, 0.29) is 11.8 Å². The number of amides is 1. The molecule has 2 heteroatoms. The van der Waals surface area contributed by atoms with Gasteiger partial charge in [0.05, 0.1) is 5.92 Å². The molecule has 1 amide bonds. The summed E-state index contributed by atoms with van der Waals surface area (Å²) in [6.45, 7) is 4.20. The van der Waals surface area contributed by atoms with Gasteiger partial charge in [0.25, 0.3) is 0 Å². The highest BCUT2D eigenvalue weighted by atomic mass is 16.2. The zero-order valence-corrected chi connectivity index (χ0v) is 10.5. The maximum Gasteiger partial charge on any atom is 0.232 e. The van der Waals surface area contributed by atoms with E-state index in [1.807, 2.05) is 0 Å². The van der Waals surface area contributed by atoms with Gasteiger partial charge in [-0.25, -0.2) is 0 Å². The van der Waals surface area contributed by atoms with Crippen LogP contribution in [-0.2, 0) is 4.79 Å². The highest BCUT2D eigenvalue weighted by Gasteiger charge is 2.38. The van der Waals surface area contributed by atoms with Crippen molar-refractivity contribution in [2.24, 2.45) is 5.92 Å². The molecule has 3 rings (SSSR count). The van der Waals surface area contributed by atoms with Crippen LogP contribution < -0.4 is 5.32 Å². The molecule has 1 atom stereocenters. The van der Waals surface area contributed by atoms with Crippen molar-refractivity contribution in [3.8, 4) is 0 Å². The summed E-state index contributed by atoms with van der Waals surface area (Å²) in [6, 6.07) is 4.35. The smallest absolute Gasteiger partial charge is 0.232 e. The molecule has 0 bridgehead atoms. The van der Waals surface area contributed by atoms with E-state index in [1.54, 1.807) is 0 Å². The Morgan fingerprint density at radius 1 is 1.18 bits per heavy atom. The average Bonchev–Trinajstić information content (AvgIpc) is 2.84. The Balaban J connectivity index is 2.05. The lowest BCUT2D eigenvalue weighted by Gasteiger charge is -2.16. The van der Waals surface area contributed by atoms with Gasteiger partial charge in [-0.3, -0.25) is 4.79 Å². The summed E-state index contributed by atoms with van der Waals surface area (Å²) >= 11 is 0. The van der Waals surface area contributed by atoms with Crippen molar-refractivity contribution in [2.75, 3.05) is 5.32 Å². The van der Waals surface area contributed by atoms with Crippen molar-refractivity contribution < 1.29 is 4.79 Å². The number of hydrogen-bond acceptors (Lipinski definition) is 1. The molecule has 1 aliphatic carbocycles. The molecular weight excluding hydrogens is 210 g/mol. The van der Waals surface area contributed by atoms with E-state index in [9.17, 15) is 4.79 Å². The van der Waals surface area contributed by atoms with Crippen molar-refractivity contribution >= 4 is 11.6 Å². The van der Waals surface area contributed by atoms with E-state index in [0.29, 0.717) is 5.92 Å². The zero-order chi connectivity index (χ0) is 12.0. The molecule has 90 valence electrons. The number of aryl methyl sites for hydroxylation is 2. The summed E-state index contributed by atoms with van der Waals surface area (Å²) in [5.41, 5.74) is 4.80. The van der Waals surface area contributed by atoms with Crippen LogP contribution in [-0.4, -0.2) is 5.91 Å². The first-order chi connectivity index (χ1) is 8.16. The van der Waals surface area contributed by atoms with Gasteiger partial charge in [0.2, 0.25) is 5.91 Å². The molecule has 1 saturated carbocycles. The van der Waals surface area contributed by atoms with Gasteiger partial charge in [0, 0.05) is 5.69 Å². The number of benzene rings is 1. The Labute approximate surface area is 102 Å². The highest BCUT2D eigenvalue weighted by molar-refractivity contribution is 6.04. The van der Waals surface area contributed by atoms with Crippen LogP contribution in [0.5, 0.6) is 0 Å². The van der Waals surface area contributed by atoms with Gasteiger partial charge in [-0.05, 0) is 43.7 Å². The van der Waals surface area contributed by atoms with Crippen LogP contribution in [0, 0.1) is 19.8 Å². The Bertz CT molecular complexity index is 472. The fourth-order valence-corrected chi connectivity index (χ4v) is 3.52. The standard InChI is InChI=1S/C15H19NO/c1-9-7-10(2)14-12(8-9)13(15(17)16-14)11-5-3-4-6-11/h7-8,11,13H,3-6H2,1-2H3,(H,16,17). The van der Waals surface area contributed by atoms with Crippen molar-refractivity contribution in [2.45, 2.75) is 45.4 Å². The van der Waals surface area contributed by atoms with Crippen LogP contribution >= 0.6 is 0 Å². The summed E-state index contributed by atoms with van der Waals surface area (Å²) in [5.74, 6) is 0.907. The topological polar surface area (TPSA) is 29.1 Å². The first-order valence-corrected chi connectivity index (χ1v) is 6.59. The molecule has 0 radical (unpaired) electrons. The van der Waals surface area contributed by atoms with Gasteiger partial charge in [-0.1, -0.05) is 30.5 Å². The summed E-state index contributed by atoms with van der Waals surface area (Å²) in [7, 11) is 0. The minimum Gasteiger partial charge on any atom is -0.325 e. The molecule has 2 nitrogen and oxygen atoms in total. The van der Waals surface area contributed by atoms with Crippen LogP contribution in [0.1, 0.15) is 48.3 Å². The third kappa shape index (κ3) is 1.67. The number of anilines is 1. The molecule has 1 fully saturated rings. The number of rotatable bonds is 1. The predicted octanol–water partition coefficient (Wildman–Crippen LogP) is 3.53. The second-order valence-corrected chi connectivity index (χ2v) is 5.56. The Hall–Kier alpha value is -1.31. The average molecular weight is 229 g/mol. The molecule has 0 saturated heterocycles. The molecule has 1 aliphatic heterocycles. The van der Waals surface area contributed by atoms with Gasteiger partial charge in [-0.2, -0.15) is 0 Å². The molecule has 1 unspecified atom stereocenters. The van der Waals surface area contributed by atoms with Gasteiger partial charge >= 0.3 is 0 Å². The first kappa shape index (κ1) is 10.8. The lowest BCUT2D eigenvalue weighted by Crippen LogP contribution is -2.18.